The average molecular weight is 409 g/mol. The van der Waals surface area contributed by atoms with Crippen molar-refractivity contribution in [3.63, 3.8) is 0 Å². The largest absolute Gasteiger partial charge is 0.486 e. The topological polar surface area (TPSA) is 79.9 Å². The number of fused-ring (bicyclic) bond motifs is 1. The van der Waals surface area contributed by atoms with E-state index in [-0.39, 0.29) is 23.9 Å². The average Bonchev–Trinajstić information content (AvgIpc) is 2.79. The van der Waals surface area contributed by atoms with Crippen LogP contribution in [0.3, 0.4) is 0 Å². The first-order valence-electron chi connectivity index (χ1n) is 10.4. The normalized spacial score (nSPS) is 17.2. The molecule has 1 atom stereocenters. The van der Waals surface area contributed by atoms with Crippen LogP contribution in [0.5, 0.6) is 11.5 Å². The van der Waals surface area contributed by atoms with Gasteiger partial charge in [0, 0.05) is 24.7 Å². The lowest BCUT2D eigenvalue weighted by molar-refractivity contribution is -0.126. The summed E-state index contributed by atoms with van der Waals surface area (Å²) in [5.74, 6) is 1.40. The number of hydrogen-bond acceptors (Lipinski definition) is 4. The van der Waals surface area contributed by atoms with E-state index >= 15 is 0 Å². The van der Waals surface area contributed by atoms with Crippen molar-refractivity contribution in [3.05, 3.63) is 54.1 Å². The molecule has 2 aliphatic rings. The molecule has 0 aromatic heterocycles. The Kier molecular flexibility index (Phi) is 6.07. The van der Waals surface area contributed by atoms with E-state index in [1.54, 1.807) is 4.90 Å². The van der Waals surface area contributed by atoms with Gasteiger partial charge in [0.15, 0.2) is 11.5 Å². The highest BCUT2D eigenvalue weighted by molar-refractivity contribution is 5.89. The lowest BCUT2D eigenvalue weighted by Crippen LogP contribution is -2.44. The molecule has 0 spiro atoms. The molecule has 7 heteroatoms. The van der Waals surface area contributed by atoms with Crippen LogP contribution in [0.4, 0.5) is 10.5 Å². The molecule has 0 radical (unpaired) electrons. The molecule has 4 rings (SSSR count). The quantitative estimate of drug-likeness (QED) is 0.809. The van der Waals surface area contributed by atoms with Gasteiger partial charge in [0.2, 0.25) is 5.91 Å². The van der Waals surface area contributed by atoms with Gasteiger partial charge in [-0.2, -0.15) is 0 Å². The number of anilines is 1. The zero-order valence-electron chi connectivity index (χ0n) is 17.1. The summed E-state index contributed by atoms with van der Waals surface area (Å²) in [5, 5.41) is 6.00. The monoisotopic (exact) mass is 409 g/mol. The standard InChI is InChI=1S/C23H27N3O4/c1-16(18-7-8-20-21(15-18)30-14-13-29-20)24-22(27)17-9-11-26(12-10-17)23(28)25-19-5-3-2-4-6-19/h2-8,15-17H,9-14H2,1H3,(H,24,27)(H,25,28). The van der Waals surface area contributed by atoms with Gasteiger partial charge in [-0.05, 0) is 49.6 Å². The Morgan fingerprint density at radius 1 is 1.00 bits per heavy atom. The Balaban J connectivity index is 1.27. The zero-order chi connectivity index (χ0) is 20.9. The lowest BCUT2D eigenvalue weighted by Gasteiger charge is -2.32. The second-order valence-corrected chi connectivity index (χ2v) is 7.69. The summed E-state index contributed by atoms with van der Waals surface area (Å²) >= 11 is 0. The van der Waals surface area contributed by atoms with E-state index in [4.69, 9.17) is 9.47 Å². The minimum atomic E-state index is -0.132. The van der Waals surface area contributed by atoms with Crippen LogP contribution in [-0.2, 0) is 4.79 Å². The van der Waals surface area contributed by atoms with Crippen LogP contribution in [-0.4, -0.2) is 43.1 Å². The highest BCUT2D eigenvalue weighted by Gasteiger charge is 2.28. The van der Waals surface area contributed by atoms with Crippen molar-refractivity contribution in [1.82, 2.24) is 10.2 Å². The Bertz CT molecular complexity index is 895. The van der Waals surface area contributed by atoms with E-state index < -0.39 is 0 Å². The molecule has 1 fully saturated rings. The van der Waals surface area contributed by atoms with Crippen LogP contribution in [0.15, 0.2) is 48.5 Å². The summed E-state index contributed by atoms with van der Waals surface area (Å²) in [6.07, 6.45) is 1.31. The van der Waals surface area contributed by atoms with Gasteiger partial charge in [0.05, 0.1) is 6.04 Å². The third-order valence-electron chi connectivity index (χ3n) is 5.60. The summed E-state index contributed by atoms with van der Waals surface area (Å²) in [7, 11) is 0. The molecule has 2 aliphatic heterocycles. The Morgan fingerprint density at radius 2 is 1.70 bits per heavy atom. The molecule has 1 saturated heterocycles. The maximum atomic E-state index is 12.8. The minimum absolute atomic E-state index is 0.0282. The van der Waals surface area contributed by atoms with Crippen LogP contribution in [0.1, 0.15) is 31.4 Å². The van der Waals surface area contributed by atoms with Crippen LogP contribution in [0.2, 0.25) is 0 Å². The number of ether oxygens (including phenoxy) is 2. The Labute approximate surface area is 176 Å². The number of carbonyl (C=O) groups excluding carboxylic acids is 2. The molecule has 2 heterocycles. The minimum Gasteiger partial charge on any atom is -0.486 e. The van der Waals surface area contributed by atoms with Crippen LogP contribution >= 0.6 is 0 Å². The van der Waals surface area contributed by atoms with Crippen LogP contribution in [0, 0.1) is 5.92 Å². The van der Waals surface area contributed by atoms with Gasteiger partial charge in [0.25, 0.3) is 0 Å². The van der Waals surface area contributed by atoms with E-state index in [9.17, 15) is 9.59 Å². The number of carbonyl (C=O) groups is 2. The van der Waals surface area contributed by atoms with Gasteiger partial charge in [-0.1, -0.05) is 24.3 Å². The first kappa shape index (κ1) is 20.1. The van der Waals surface area contributed by atoms with E-state index in [1.165, 1.54) is 0 Å². The zero-order valence-corrected chi connectivity index (χ0v) is 17.1. The highest BCUT2D eigenvalue weighted by atomic mass is 16.6. The van der Waals surface area contributed by atoms with E-state index in [1.807, 2.05) is 55.5 Å². The number of hydrogen-bond donors (Lipinski definition) is 2. The van der Waals surface area contributed by atoms with Crippen molar-refractivity contribution < 1.29 is 19.1 Å². The molecule has 2 aromatic rings. The van der Waals surface area contributed by atoms with Crippen molar-refractivity contribution in [2.45, 2.75) is 25.8 Å². The number of amides is 3. The van der Waals surface area contributed by atoms with Gasteiger partial charge >= 0.3 is 6.03 Å². The SMILES string of the molecule is CC(NC(=O)C1CCN(C(=O)Nc2ccccc2)CC1)c1ccc2c(c1)OCCO2. The lowest BCUT2D eigenvalue weighted by atomic mass is 9.95. The molecule has 30 heavy (non-hydrogen) atoms. The summed E-state index contributed by atoms with van der Waals surface area (Å²) < 4.78 is 11.2. The molecule has 0 saturated carbocycles. The van der Waals surface area contributed by atoms with Gasteiger partial charge in [-0.15, -0.1) is 0 Å². The van der Waals surface area contributed by atoms with E-state index in [0.717, 1.165) is 22.7 Å². The van der Waals surface area contributed by atoms with E-state index in [0.29, 0.717) is 39.1 Å². The molecule has 2 N–H and O–H groups in total. The third kappa shape index (κ3) is 4.67. The summed E-state index contributed by atoms with van der Waals surface area (Å²) in [6, 6.07) is 14.9. The predicted octanol–water partition coefficient (Wildman–Crippen LogP) is 3.58. The van der Waals surface area contributed by atoms with Crippen LogP contribution in [0.25, 0.3) is 0 Å². The van der Waals surface area contributed by atoms with E-state index in [2.05, 4.69) is 10.6 Å². The molecule has 0 aliphatic carbocycles. The fourth-order valence-corrected chi connectivity index (χ4v) is 3.81. The maximum Gasteiger partial charge on any atom is 0.321 e. The van der Waals surface area contributed by atoms with Crippen molar-refractivity contribution in [3.8, 4) is 11.5 Å². The number of piperidine rings is 1. The highest BCUT2D eigenvalue weighted by Crippen LogP contribution is 2.32. The molecule has 3 amide bonds. The molecular weight excluding hydrogens is 382 g/mol. The second kappa shape index (κ2) is 9.07. The Hall–Kier alpha value is -3.22. The smallest absolute Gasteiger partial charge is 0.321 e. The fourth-order valence-electron chi connectivity index (χ4n) is 3.81. The van der Waals surface area contributed by atoms with Crippen molar-refractivity contribution in [2.24, 2.45) is 5.92 Å². The van der Waals surface area contributed by atoms with Gasteiger partial charge in [-0.3, -0.25) is 4.79 Å². The number of para-hydroxylation sites is 1. The van der Waals surface area contributed by atoms with Crippen molar-refractivity contribution >= 4 is 17.6 Å². The molecule has 2 aromatic carbocycles. The third-order valence-corrected chi connectivity index (χ3v) is 5.60. The second-order valence-electron chi connectivity index (χ2n) is 7.69. The van der Waals surface area contributed by atoms with Gasteiger partial charge in [0.1, 0.15) is 13.2 Å². The maximum absolute atomic E-state index is 12.8. The molecule has 158 valence electrons. The van der Waals surface area contributed by atoms with Crippen molar-refractivity contribution in [1.29, 1.82) is 0 Å². The van der Waals surface area contributed by atoms with Gasteiger partial charge in [-0.25, -0.2) is 4.79 Å². The number of rotatable bonds is 4. The summed E-state index contributed by atoms with van der Waals surface area (Å²) in [5.41, 5.74) is 1.75. The first-order chi connectivity index (χ1) is 14.6. The summed E-state index contributed by atoms with van der Waals surface area (Å²) in [4.78, 5) is 26.9. The number of likely N-dealkylation sites (tertiary alicyclic amines) is 1. The number of urea groups is 1. The van der Waals surface area contributed by atoms with Crippen LogP contribution < -0.4 is 20.1 Å². The predicted molar refractivity (Wildman–Crippen MR) is 114 cm³/mol. The molecule has 7 nitrogen and oxygen atoms in total. The Morgan fingerprint density at radius 3 is 2.43 bits per heavy atom. The van der Waals surface area contributed by atoms with Gasteiger partial charge < -0.3 is 25.0 Å². The number of benzene rings is 2. The number of nitrogens with one attached hydrogen (secondary N) is 2. The molecular formula is C23H27N3O4. The fraction of sp³-hybridized carbons (Fsp3) is 0.391. The molecule has 1 unspecified atom stereocenters. The van der Waals surface area contributed by atoms with Crippen molar-refractivity contribution in [2.75, 3.05) is 31.6 Å². The summed E-state index contributed by atoms with van der Waals surface area (Å²) in [6.45, 7) is 4.18. The number of nitrogens with zero attached hydrogens (tertiary/aromatic N) is 1. The first-order valence-corrected chi connectivity index (χ1v) is 10.4. The molecule has 0 bridgehead atoms.